The first-order valence-electron chi connectivity index (χ1n) is 32.0. The van der Waals surface area contributed by atoms with Crippen LogP contribution in [-0.4, -0.2) is 42.5 Å². The fraction of sp³-hybridized carbons (Fsp3) is 0.205. The third-order valence-corrected chi connectivity index (χ3v) is 21.6. The average molecular weight is 1170 g/mol. The summed E-state index contributed by atoms with van der Waals surface area (Å²) < 4.78 is 19.5. The Morgan fingerprint density at radius 1 is 0.344 bits per heavy atom. The van der Waals surface area contributed by atoms with E-state index in [0.29, 0.717) is 35.2 Å². The molecule has 0 radical (unpaired) electrons. The van der Waals surface area contributed by atoms with Crippen molar-refractivity contribution in [1.29, 1.82) is 0 Å². The molecular weight excluding hydrogens is 1100 g/mol. The standard InChI is InChI=1S/C78H64B2N8O2/c1-75(2)36-37-76(3,4)52-40-46(34-35-51(52)75)86-64-42-54-53(77(5,6)38-39-78(54,7)8)41-56(64)80-58-43-57-65(44-66(58)90-72-68(80)70(86)82-74(84-72)88-61-31-19-14-26-49(61)50-27-15-20-32-62(50)88)89-71-67-69(85(45-22-10-9-11-23-45)63-33-21-16-28-55(63)79(57)67)81-73(83-71)87-59-29-17-12-24-47(59)48-25-13-18-30-60(48)87/h9-35,40-44H,36-39H2,1-8H3. The number of anilines is 6. The number of aromatic nitrogens is 6. The Morgan fingerprint density at radius 3 is 1.29 bits per heavy atom. The van der Waals surface area contributed by atoms with Crippen LogP contribution in [0.3, 0.4) is 0 Å². The first kappa shape index (κ1) is 52.0. The van der Waals surface area contributed by atoms with E-state index in [1.165, 1.54) is 27.7 Å². The van der Waals surface area contributed by atoms with E-state index >= 15 is 0 Å². The number of fused-ring (bicyclic) bond motifs is 16. The van der Waals surface area contributed by atoms with Crippen molar-refractivity contribution >= 4 is 124 Å². The summed E-state index contributed by atoms with van der Waals surface area (Å²) in [4.78, 5) is 27.8. The molecule has 0 fully saturated rings. The number of para-hydroxylation sites is 6. The maximum absolute atomic E-state index is 7.59. The Hall–Kier alpha value is -9.93. The van der Waals surface area contributed by atoms with Crippen molar-refractivity contribution in [3.05, 3.63) is 216 Å². The van der Waals surface area contributed by atoms with E-state index in [9.17, 15) is 0 Å². The second-order valence-corrected chi connectivity index (χ2v) is 28.7. The lowest BCUT2D eigenvalue weighted by Crippen LogP contribution is -2.64. The Kier molecular flexibility index (Phi) is 10.4. The highest BCUT2D eigenvalue weighted by atomic mass is 16.5. The Morgan fingerprint density at radius 2 is 0.767 bits per heavy atom. The zero-order chi connectivity index (χ0) is 60.5. The third-order valence-electron chi connectivity index (χ3n) is 21.6. The predicted octanol–water partition coefficient (Wildman–Crippen LogP) is 15.0. The third kappa shape index (κ3) is 7.07. The van der Waals surface area contributed by atoms with Crippen LogP contribution in [0.1, 0.15) is 103 Å². The van der Waals surface area contributed by atoms with Gasteiger partial charge >= 0.3 is 0 Å². The van der Waals surface area contributed by atoms with Gasteiger partial charge in [-0.05, 0) is 152 Å². The molecule has 13 aromatic rings. The SMILES string of the molecule is CC1(C)CCC(C)(C)c2cc(N3c4cc5c(cc4B4c6cc7c(cc6Oc6nc(-n8c9ccccc9c9ccccc98)nc3c64)Oc3nc(-n4c6ccccc6c6ccccc64)nc4c3B7c3ccccc3N4c3ccccc3)C(C)(C)CCC5(C)C)ccc21. The highest BCUT2D eigenvalue weighted by molar-refractivity contribution is 7.02. The molecule has 19 rings (SSSR count). The van der Waals surface area contributed by atoms with E-state index < -0.39 is 0 Å². The average Bonchev–Trinajstić information content (AvgIpc) is 0.774. The summed E-state index contributed by atoms with van der Waals surface area (Å²) in [6.07, 6.45) is 4.39. The zero-order valence-electron chi connectivity index (χ0n) is 51.9. The molecule has 90 heavy (non-hydrogen) atoms. The summed E-state index contributed by atoms with van der Waals surface area (Å²) in [5.41, 5.74) is 20.0. The number of rotatable bonds is 4. The quantitative estimate of drug-likeness (QED) is 0.161. The fourth-order valence-corrected chi connectivity index (χ4v) is 16.7. The van der Waals surface area contributed by atoms with Gasteiger partial charge in [0.2, 0.25) is 23.7 Å². The summed E-state index contributed by atoms with van der Waals surface area (Å²) in [5.74, 6) is 5.06. The molecule has 12 heteroatoms. The summed E-state index contributed by atoms with van der Waals surface area (Å²) in [7, 11) is 0. The van der Waals surface area contributed by atoms with Crippen LogP contribution in [0.15, 0.2) is 194 Å². The second kappa shape index (κ2) is 17.9. The molecule has 4 aliphatic heterocycles. The number of nitrogens with zero attached hydrogens (tertiary/aromatic N) is 8. The maximum atomic E-state index is 7.59. The second-order valence-electron chi connectivity index (χ2n) is 28.7. The number of hydrogen-bond donors (Lipinski definition) is 0. The monoisotopic (exact) mass is 1170 g/mol. The van der Waals surface area contributed by atoms with E-state index in [2.05, 4.69) is 268 Å². The number of benzene rings is 9. The number of hydrogen-bond acceptors (Lipinski definition) is 8. The normalized spacial score (nSPS) is 17.2. The Balaban J connectivity index is 0.894. The zero-order valence-corrected chi connectivity index (χ0v) is 51.9. The van der Waals surface area contributed by atoms with E-state index in [1.54, 1.807) is 0 Å². The Labute approximate surface area is 524 Å². The molecule has 4 aromatic heterocycles. The van der Waals surface area contributed by atoms with Gasteiger partial charge in [-0.3, -0.25) is 18.9 Å². The van der Waals surface area contributed by atoms with Crippen molar-refractivity contribution in [3.63, 3.8) is 0 Å². The minimum absolute atomic E-state index is 0.0296. The van der Waals surface area contributed by atoms with Crippen molar-refractivity contribution in [2.24, 2.45) is 0 Å². The van der Waals surface area contributed by atoms with E-state index in [-0.39, 0.29) is 35.1 Å². The van der Waals surface area contributed by atoms with Gasteiger partial charge in [-0.25, -0.2) is 0 Å². The van der Waals surface area contributed by atoms with Gasteiger partial charge in [0, 0.05) is 61.3 Å². The van der Waals surface area contributed by atoms with Gasteiger partial charge in [-0.2, -0.15) is 19.9 Å². The molecule has 434 valence electrons. The Bertz CT molecular complexity index is 5230. The molecule has 0 bridgehead atoms. The molecular formula is C78H64B2N8O2. The molecule has 10 nitrogen and oxygen atoms in total. The molecule has 2 aliphatic carbocycles. The smallest absolute Gasteiger partial charge is 0.260 e. The van der Waals surface area contributed by atoms with Gasteiger partial charge in [0.05, 0.1) is 22.1 Å². The van der Waals surface area contributed by atoms with Crippen molar-refractivity contribution in [1.82, 2.24) is 29.1 Å². The van der Waals surface area contributed by atoms with Gasteiger partial charge in [0.25, 0.3) is 13.4 Å². The van der Waals surface area contributed by atoms with Gasteiger partial charge < -0.3 is 9.47 Å². The van der Waals surface area contributed by atoms with E-state index in [0.717, 1.165) is 131 Å². The van der Waals surface area contributed by atoms with Crippen LogP contribution in [-0.2, 0) is 21.7 Å². The summed E-state index contributed by atoms with van der Waals surface area (Å²) in [6.45, 7) is 18.8. The van der Waals surface area contributed by atoms with Crippen molar-refractivity contribution in [3.8, 4) is 35.2 Å². The molecule has 0 saturated heterocycles. The van der Waals surface area contributed by atoms with Gasteiger partial charge in [-0.15, -0.1) is 0 Å². The lowest BCUT2D eigenvalue weighted by Gasteiger charge is -2.46. The summed E-state index contributed by atoms with van der Waals surface area (Å²) in [5, 5.41) is 4.54. The van der Waals surface area contributed by atoms with Crippen LogP contribution in [0.2, 0.25) is 0 Å². The molecule has 0 amide bonds. The molecule has 6 aliphatic rings. The van der Waals surface area contributed by atoms with Crippen LogP contribution in [0, 0.1) is 0 Å². The van der Waals surface area contributed by atoms with Crippen LogP contribution < -0.4 is 52.1 Å². The molecule has 0 spiro atoms. The van der Waals surface area contributed by atoms with Crippen molar-refractivity contribution < 1.29 is 9.47 Å². The summed E-state index contributed by atoms with van der Waals surface area (Å²) >= 11 is 0. The van der Waals surface area contributed by atoms with Crippen LogP contribution in [0.4, 0.5) is 34.4 Å². The molecule has 0 unspecified atom stereocenters. The molecule has 8 heterocycles. The molecule has 0 atom stereocenters. The first-order chi connectivity index (χ1) is 43.6. The van der Waals surface area contributed by atoms with Crippen molar-refractivity contribution in [2.45, 2.75) is 103 Å². The van der Waals surface area contributed by atoms with Crippen LogP contribution in [0.5, 0.6) is 23.3 Å². The lowest BCUT2D eigenvalue weighted by molar-refractivity contribution is 0.332. The first-order valence-corrected chi connectivity index (χ1v) is 32.0. The fourth-order valence-electron chi connectivity index (χ4n) is 16.7. The highest BCUT2D eigenvalue weighted by Crippen LogP contribution is 2.53. The van der Waals surface area contributed by atoms with Crippen LogP contribution >= 0.6 is 0 Å². The predicted molar refractivity (Wildman–Crippen MR) is 369 cm³/mol. The maximum Gasteiger partial charge on any atom is 0.260 e. The van der Waals surface area contributed by atoms with Crippen molar-refractivity contribution in [2.75, 3.05) is 9.80 Å². The van der Waals surface area contributed by atoms with E-state index in [4.69, 9.17) is 29.4 Å². The summed E-state index contributed by atoms with van der Waals surface area (Å²) in [6, 6.07) is 70.6. The largest absolute Gasteiger partial charge is 0.440 e. The minimum Gasteiger partial charge on any atom is -0.440 e. The van der Waals surface area contributed by atoms with E-state index in [1.807, 2.05) is 0 Å². The molecule has 0 saturated carbocycles. The topological polar surface area (TPSA) is 86.4 Å². The highest BCUT2D eigenvalue weighted by Gasteiger charge is 2.51. The number of ether oxygens (including phenoxy) is 2. The molecule has 0 N–H and O–H groups in total. The minimum atomic E-state index is -0.337. The van der Waals surface area contributed by atoms with Crippen LogP contribution in [0.25, 0.3) is 55.5 Å². The lowest BCUT2D eigenvalue weighted by atomic mass is 9.31. The molecule has 9 aromatic carbocycles. The van der Waals surface area contributed by atoms with Gasteiger partial charge in [0.1, 0.15) is 23.1 Å². The van der Waals surface area contributed by atoms with Gasteiger partial charge in [0.15, 0.2) is 0 Å². The van der Waals surface area contributed by atoms with Gasteiger partial charge in [-0.1, -0.05) is 183 Å².